The van der Waals surface area contributed by atoms with E-state index in [2.05, 4.69) is 11.7 Å². The summed E-state index contributed by atoms with van der Waals surface area (Å²) in [4.78, 5) is 13.5. The highest BCUT2D eigenvalue weighted by Gasteiger charge is 2.54. The lowest BCUT2D eigenvalue weighted by Crippen LogP contribution is -2.64. The fourth-order valence-electron chi connectivity index (χ4n) is 2.63. The molecular formula is C16H14ClF3N4O3S. The highest BCUT2D eigenvalue weighted by Crippen LogP contribution is 2.43. The first-order chi connectivity index (χ1) is 13.0. The Kier molecular flexibility index (Phi) is 4.92. The number of nitrogens with one attached hydrogen (secondary N) is 1. The van der Waals surface area contributed by atoms with Gasteiger partial charge in [0.2, 0.25) is 0 Å². The van der Waals surface area contributed by atoms with Crippen LogP contribution in [0.1, 0.15) is 17.4 Å². The SMILES string of the molecule is C=CS(=O)(=O)NC(=O)c1nn(-c2ccc(F)cc2)c(N2CC(F)(F)[C@H]2C)c1Cl. The summed E-state index contributed by atoms with van der Waals surface area (Å²) in [5.41, 5.74) is -0.250. The Morgan fingerprint density at radius 1 is 1.39 bits per heavy atom. The number of nitrogens with zero attached hydrogens (tertiary/aromatic N) is 3. The van der Waals surface area contributed by atoms with Crippen molar-refractivity contribution in [3.8, 4) is 5.69 Å². The fourth-order valence-corrected chi connectivity index (χ4v) is 3.39. The molecule has 1 aliphatic rings. The van der Waals surface area contributed by atoms with E-state index in [-0.39, 0.29) is 16.5 Å². The van der Waals surface area contributed by atoms with Crippen molar-refractivity contribution in [2.75, 3.05) is 11.4 Å². The summed E-state index contributed by atoms with van der Waals surface area (Å²) in [5.74, 6) is -4.71. The van der Waals surface area contributed by atoms with Gasteiger partial charge in [-0.3, -0.25) is 4.79 Å². The van der Waals surface area contributed by atoms with E-state index in [1.807, 2.05) is 0 Å². The van der Waals surface area contributed by atoms with E-state index in [0.717, 1.165) is 16.8 Å². The van der Waals surface area contributed by atoms with Crippen LogP contribution >= 0.6 is 11.6 Å². The van der Waals surface area contributed by atoms with Crippen molar-refractivity contribution in [3.63, 3.8) is 0 Å². The molecule has 1 N–H and O–H groups in total. The van der Waals surface area contributed by atoms with Crippen LogP contribution in [0.4, 0.5) is 19.0 Å². The number of carbonyl (C=O) groups is 1. The monoisotopic (exact) mass is 434 g/mol. The first-order valence-electron chi connectivity index (χ1n) is 7.85. The first kappa shape index (κ1) is 20.2. The van der Waals surface area contributed by atoms with Crippen LogP contribution in [0.3, 0.4) is 0 Å². The minimum atomic E-state index is -4.13. The molecule has 12 heteroatoms. The molecule has 1 amide bonds. The maximum absolute atomic E-state index is 13.7. The van der Waals surface area contributed by atoms with E-state index < -0.39 is 46.0 Å². The molecule has 0 aliphatic carbocycles. The van der Waals surface area contributed by atoms with Crippen LogP contribution in [0, 0.1) is 5.82 Å². The van der Waals surface area contributed by atoms with Gasteiger partial charge < -0.3 is 4.90 Å². The molecule has 1 atom stereocenters. The van der Waals surface area contributed by atoms with Crippen LogP contribution in [0.2, 0.25) is 5.02 Å². The van der Waals surface area contributed by atoms with Gasteiger partial charge in [0.05, 0.1) is 18.3 Å². The quantitative estimate of drug-likeness (QED) is 0.782. The van der Waals surface area contributed by atoms with Gasteiger partial charge in [0.25, 0.3) is 21.9 Å². The number of rotatable bonds is 5. The summed E-state index contributed by atoms with van der Waals surface area (Å²) >= 11 is 6.22. The number of alkyl halides is 2. The Balaban J connectivity index is 2.11. The average molecular weight is 435 g/mol. The molecule has 28 heavy (non-hydrogen) atoms. The Hall–Kier alpha value is -2.53. The number of benzene rings is 1. The van der Waals surface area contributed by atoms with Gasteiger partial charge >= 0.3 is 0 Å². The second-order valence-corrected chi connectivity index (χ2v) is 8.09. The summed E-state index contributed by atoms with van der Waals surface area (Å²) < 4.78 is 66.5. The van der Waals surface area contributed by atoms with Gasteiger partial charge in [0.15, 0.2) is 11.5 Å². The second-order valence-electron chi connectivity index (χ2n) is 6.08. The summed E-state index contributed by atoms with van der Waals surface area (Å²) in [7, 11) is -4.13. The lowest BCUT2D eigenvalue weighted by molar-refractivity contribution is -0.0645. The van der Waals surface area contributed by atoms with E-state index in [4.69, 9.17) is 11.6 Å². The first-order valence-corrected chi connectivity index (χ1v) is 9.78. The standard InChI is InChI=1S/C16H14ClF3N4O3S/c1-3-28(26,27)22-14(25)13-12(17)15(23-8-16(19,20)9(23)2)24(21-13)11-6-4-10(18)5-7-11/h3-7,9H,1,8H2,2H3,(H,22,25)/t9-/m1/s1. The predicted octanol–water partition coefficient (Wildman–Crippen LogP) is 2.71. The lowest BCUT2D eigenvalue weighted by atomic mass is 10.00. The molecule has 0 bridgehead atoms. The third kappa shape index (κ3) is 3.47. The smallest absolute Gasteiger partial charge is 0.287 e. The molecule has 0 saturated carbocycles. The van der Waals surface area contributed by atoms with E-state index >= 15 is 0 Å². The third-order valence-corrected chi connectivity index (χ3v) is 5.53. The zero-order valence-corrected chi connectivity index (χ0v) is 15.9. The molecule has 0 radical (unpaired) electrons. The number of sulfonamides is 1. The van der Waals surface area contributed by atoms with Crippen LogP contribution in [0.5, 0.6) is 0 Å². The molecule has 0 spiro atoms. The van der Waals surface area contributed by atoms with E-state index in [0.29, 0.717) is 5.41 Å². The van der Waals surface area contributed by atoms with Crippen molar-refractivity contribution >= 4 is 33.3 Å². The number of carbonyl (C=O) groups excluding carboxylic acids is 1. The Labute approximate surface area is 163 Å². The van der Waals surface area contributed by atoms with Crippen molar-refractivity contribution in [2.24, 2.45) is 0 Å². The molecule has 2 heterocycles. The van der Waals surface area contributed by atoms with Crippen LogP contribution < -0.4 is 9.62 Å². The maximum atomic E-state index is 13.7. The van der Waals surface area contributed by atoms with Crippen molar-refractivity contribution in [1.29, 1.82) is 0 Å². The number of hydrogen-bond donors (Lipinski definition) is 1. The highest BCUT2D eigenvalue weighted by molar-refractivity contribution is 7.92. The zero-order chi connectivity index (χ0) is 20.9. The topological polar surface area (TPSA) is 84.3 Å². The summed E-state index contributed by atoms with van der Waals surface area (Å²) in [6, 6.07) is 3.61. The number of anilines is 1. The van der Waals surface area contributed by atoms with Crippen molar-refractivity contribution in [2.45, 2.75) is 18.9 Å². The molecule has 2 aromatic rings. The number of aromatic nitrogens is 2. The van der Waals surface area contributed by atoms with E-state index in [9.17, 15) is 26.4 Å². The van der Waals surface area contributed by atoms with Gasteiger partial charge in [0, 0.05) is 5.41 Å². The Morgan fingerprint density at radius 2 is 2.00 bits per heavy atom. The molecule has 3 rings (SSSR count). The number of halogens is 4. The average Bonchev–Trinajstić information content (AvgIpc) is 2.97. The molecule has 1 aromatic heterocycles. The van der Waals surface area contributed by atoms with Crippen LogP contribution in [-0.2, 0) is 10.0 Å². The van der Waals surface area contributed by atoms with Gasteiger partial charge in [-0.1, -0.05) is 18.2 Å². The van der Waals surface area contributed by atoms with Gasteiger partial charge in [-0.15, -0.1) is 0 Å². The van der Waals surface area contributed by atoms with Crippen LogP contribution in [0.25, 0.3) is 5.69 Å². The minimum absolute atomic E-state index is 0.0344. The highest BCUT2D eigenvalue weighted by atomic mass is 35.5. The molecule has 1 aromatic carbocycles. The van der Waals surface area contributed by atoms with Crippen molar-refractivity contribution in [1.82, 2.24) is 14.5 Å². The van der Waals surface area contributed by atoms with Gasteiger partial charge in [0.1, 0.15) is 10.8 Å². The molecular weight excluding hydrogens is 421 g/mol. The van der Waals surface area contributed by atoms with Gasteiger partial charge in [-0.2, -0.15) is 5.10 Å². The Bertz CT molecular complexity index is 1050. The number of hydrogen-bond acceptors (Lipinski definition) is 5. The van der Waals surface area contributed by atoms with Crippen LogP contribution in [0.15, 0.2) is 36.3 Å². The fraction of sp³-hybridized carbons (Fsp3) is 0.250. The Morgan fingerprint density at radius 3 is 2.50 bits per heavy atom. The van der Waals surface area contributed by atoms with E-state index in [1.54, 1.807) is 4.72 Å². The summed E-state index contributed by atoms with van der Waals surface area (Å²) in [6.45, 7) is 3.66. The third-order valence-electron chi connectivity index (χ3n) is 4.28. The maximum Gasteiger partial charge on any atom is 0.287 e. The summed E-state index contributed by atoms with van der Waals surface area (Å²) in [6.07, 6.45) is 0. The molecule has 1 aliphatic heterocycles. The molecule has 150 valence electrons. The second kappa shape index (κ2) is 6.82. The van der Waals surface area contributed by atoms with Crippen molar-refractivity contribution in [3.05, 3.63) is 52.8 Å². The summed E-state index contributed by atoms with van der Waals surface area (Å²) in [5, 5.41) is 4.18. The van der Waals surface area contributed by atoms with Crippen LogP contribution in [-0.4, -0.2) is 42.6 Å². The van der Waals surface area contributed by atoms with Gasteiger partial charge in [-0.05, 0) is 31.2 Å². The molecule has 0 unspecified atom stereocenters. The normalized spacial score (nSPS) is 18.5. The zero-order valence-electron chi connectivity index (χ0n) is 14.4. The molecule has 1 fully saturated rings. The molecule has 1 saturated heterocycles. The molecule has 7 nitrogen and oxygen atoms in total. The predicted molar refractivity (Wildman–Crippen MR) is 96.9 cm³/mol. The number of amides is 1. The lowest BCUT2D eigenvalue weighted by Gasteiger charge is -2.47. The van der Waals surface area contributed by atoms with Crippen molar-refractivity contribution < 1.29 is 26.4 Å². The van der Waals surface area contributed by atoms with E-state index in [1.165, 1.54) is 24.0 Å². The minimum Gasteiger partial charge on any atom is -0.340 e. The van der Waals surface area contributed by atoms with Gasteiger partial charge in [-0.25, -0.2) is 31.0 Å². The largest absolute Gasteiger partial charge is 0.340 e.